The molecule has 0 heterocycles. The highest BCUT2D eigenvalue weighted by Gasteiger charge is 2.21. The van der Waals surface area contributed by atoms with E-state index in [0.29, 0.717) is 5.88 Å². The summed E-state index contributed by atoms with van der Waals surface area (Å²) in [6, 6.07) is 9.83. The van der Waals surface area contributed by atoms with Crippen LogP contribution >= 0.6 is 11.6 Å². The van der Waals surface area contributed by atoms with Gasteiger partial charge >= 0.3 is 0 Å². The molecule has 0 bridgehead atoms. The Hall–Kier alpha value is -1.35. The second kappa shape index (κ2) is 6.55. The minimum atomic E-state index is -0.164. The van der Waals surface area contributed by atoms with Crippen molar-refractivity contribution in [2.24, 2.45) is 10.5 Å². The zero-order valence-corrected chi connectivity index (χ0v) is 11.8. The van der Waals surface area contributed by atoms with Crippen LogP contribution in [0, 0.1) is 5.41 Å². The van der Waals surface area contributed by atoms with E-state index < -0.39 is 0 Å². The van der Waals surface area contributed by atoms with Gasteiger partial charge in [-0.05, 0) is 5.56 Å². The number of carbonyl (C=O) groups is 1. The van der Waals surface area contributed by atoms with Crippen LogP contribution in [0.4, 0.5) is 0 Å². The van der Waals surface area contributed by atoms with Gasteiger partial charge in [-0.3, -0.25) is 4.79 Å². The molecule has 18 heavy (non-hydrogen) atoms. The summed E-state index contributed by atoms with van der Waals surface area (Å²) in [5.74, 6) is 0.139. The van der Waals surface area contributed by atoms with E-state index in [1.165, 1.54) is 0 Å². The Morgan fingerprint density at radius 1 is 1.28 bits per heavy atom. The lowest BCUT2D eigenvalue weighted by Gasteiger charge is -2.21. The van der Waals surface area contributed by atoms with Gasteiger partial charge in [0.2, 0.25) is 5.91 Å². The van der Waals surface area contributed by atoms with Crippen molar-refractivity contribution in [3.05, 3.63) is 35.9 Å². The number of hydrogen-bond donors (Lipinski definition) is 1. The van der Waals surface area contributed by atoms with E-state index in [9.17, 15) is 4.79 Å². The van der Waals surface area contributed by atoms with Crippen LogP contribution in [0.2, 0.25) is 0 Å². The average molecular weight is 267 g/mol. The fraction of sp³-hybridized carbons (Fsp3) is 0.429. The summed E-state index contributed by atoms with van der Waals surface area (Å²) < 4.78 is 0. The van der Waals surface area contributed by atoms with Gasteiger partial charge in [-0.25, -0.2) is 5.43 Å². The van der Waals surface area contributed by atoms with Gasteiger partial charge in [-0.15, -0.1) is 11.6 Å². The third-order valence-electron chi connectivity index (χ3n) is 2.37. The van der Waals surface area contributed by atoms with Crippen LogP contribution in [-0.2, 0) is 4.79 Å². The van der Waals surface area contributed by atoms with Gasteiger partial charge in [0.05, 0.1) is 5.71 Å². The SMILES string of the molecule is CC(C)(C)/C(=N\NC(=O)CCCl)c1ccccc1. The summed E-state index contributed by atoms with van der Waals surface area (Å²) in [6.45, 7) is 6.19. The molecule has 1 amide bonds. The van der Waals surface area contributed by atoms with Gasteiger partial charge < -0.3 is 0 Å². The zero-order valence-electron chi connectivity index (χ0n) is 11.0. The molecule has 4 heteroatoms. The van der Waals surface area contributed by atoms with Gasteiger partial charge in [0.15, 0.2) is 0 Å². The third kappa shape index (κ3) is 4.49. The van der Waals surface area contributed by atoms with E-state index in [-0.39, 0.29) is 17.7 Å². The maximum atomic E-state index is 11.4. The first-order chi connectivity index (χ1) is 8.45. The van der Waals surface area contributed by atoms with Crippen LogP contribution in [0.5, 0.6) is 0 Å². The summed E-state index contributed by atoms with van der Waals surface area (Å²) in [5, 5.41) is 4.24. The molecule has 1 aromatic carbocycles. The molecular formula is C14H19ClN2O. The van der Waals surface area contributed by atoms with Crippen molar-refractivity contribution in [3.8, 4) is 0 Å². The number of hydrazone groups is 1. The van der Waals surface area contributed by atoms with Crippen molar-refractivity contribution >= 4 is 23.2 Å². The quantitative estimate of drug-likeness (QED) is 0.508. The topological polar surface area (TPSA) is 41.5 Å². The largest absolute Gasteiger partial charge is 0.273 e. The van der Waals surface area contributed by atoms with Crippen LogP contribution < -0.4 is 5.43 Å². The van der Waals surface area contributed by atoms with Gasteiger partial charge in [0.25, 0.3) is 0 Å². The van der Waals surface area contributed by atoms with Crippen molar-refractivity contribution < 1.29 is 4.79 Å². The molecule has 0 aliphatic heterocycles. The molecule has 0 aliphatic carbocycles. The first kappa shape index (κ1) is 14.7. The molecule has 3 nitrogen and oxygen atoms in total. The van der Waals surface area contributed by atoms with E-state index in [2.05, 4.69) is 31.3 Å². The molecule has 0 unspecified atom stereocenters. The Balaban J connectivity index is 2.94. The molecule has 1 rings (SSSR count). The molecule has 0 spiro atoms. The van der Waals surface area contributed by atoms with Crippen molar-refractivity contribution in [2.45, 2.75) is 27.2 Å². The average Bonchev–Trinajstić information content (AvgIpc) is 2.29. The monoisotopic (exact) mass is 266 g/mol. The lowest BCUT2D eigenvalue weighted by atomic mass is 9.86. The fourth-order valence-electron chi connectivity index (χ4n) is 1.52. The van der Waals surface area contributed by atoms with Gasteiger partial charge in [-0.2, -0.15) is 5.10 Å². The molecule has 0 saturated heterocycles. The molecule has 0 atom stereocenters. The van der Waals surface area contributed by atoms with Crippen molar-refractivity contribution in [1.82, 2.24) is 5.43 Å². The summed E-state index contributed by atoms with van der Waals surface area (Å²) in [4.78, 5) is 11.4. The van der Waals surface area contributed by atoms with Gasteiger partial charge in [0.1, 0.15) is 0 Å². The molecule has 0 radical (unpaired) electrons. The minimum absolute atomic E-state index is 0.143. The zero-order chi connectivity index (χ0) is 13.6. The Morgan fingerprint density at radius 2 is 1.89 bits per heavy atom. The Bertz CT molecular complexity index is 421. The fourth-order valence-corrected chi connectivity index (χ4v) is 1.69. The highest BCUT2D eigenvalue weighted by Crippen LogP contribution is 2.21. The Kier molecular flexibility index (Phi) is 5.35. The second-order valence-corrected chi connectivity index (χ2v) is 5.43. The molecule has 0 saturated carbocycles. The Labute approximate surface area is 113 Å². The summed E-state index contributed by atoms with van der Waals surface area (Å²) in [5.41, 5.74) is 4.27. The minimum Gasteiger partial charge on any atom is -0.273 e. The van der Waals surface area contributed by atoms with Crippen molar-refractivity contribution in [3.63, 3.8) is 0 Å². The lowest BCUT2D eigenvalue weighted by molar-refractivity contribution is -0.120. The van der Waals surface area contributed by atoms with Crippen LogP contribution in [0.1, 0.15) is 32.8 Å². The number of hydrogen-bond acceptors (Lipinski definition) is 2. The van der Waals surface area contributed by atoms with E-state index in [4.69, 9.17) is 11.6 Å². The third-order valence-corrected chi connectivity index (χ3v) is 2.56. The standard InChI is InChI=1S/C14H19ClN2O/c1-14(2,3)13(11-7-5-4-6-8-11)17-16-12(18)9-10-15/h4-8H,9-10H2,1-3H3,(H,16,18)/b17-13-. The van der Waals surface area contributed by atoms with Gasteiger partial charge in [-0.1, -0.05) is 51.1 Å². The molecule has 0 aliphatic rings. The number of carbonyl (C=O) groups excluding carboxylic acids is 1. The number of nitrogens with one attached hydrogen (secondary N) is 1. The maximum Gasteiger partial charge on any atom is 0.241 e. The number of rotatable bonds is 4. The first-order valence-corrected chi connectivity index (χ1v) is 6.47. The smallest absolute Gasteiger partial charge is 0.241 e. The predicted octanol–water partition coefficient (Wildman–Crippen LogP) is 3.18. The van der Waals surface area contributed by atoms with E-state index in [0.717, 1.165) is 11.3 Å². The number of amides is 1. The number of benzene rings is 1. The molecule has 0 fully saturated rings. The number of alkyl halides is 1. The normalized spacial score (nSPS) is 12.3. The summed E-state index contributed by atoms with van der Waals surface area (Å²) in [6.07, 6.45) is 0.275. The first-order valence-electron chi connectivity index (χ1n) is 5.93. The predicted molar refractivity (Wildman–Crippen MR) is 75.9 cm³/mol. The lowest BCUT2D eigenvalue weighted by Crippen LogP contribution is -2.27. The van der Waals surface area contributed by atoms with E-state index in [1.807, 2.05) is 30.3 Å². The molecule has 98 valence electrons. The van der Waals surface area contributed by atoms with E-state index >= 15 is 0 Å². The maximum absolute atomic E-state index is 11.4. The molecule has 1 N–H and O–H groups in total. The highest BCUT2D eigenvalue weighted by atomic mass is 35.5. The van der Waals surface area contributed by atoms with Crippen LogP contribution in [-0.4, -0.2) is 17.5 Å². The van der Waals surface area contributed by atoms with Gasteiger partial charge in [0, 0.05) is 17.7 Å². The molecular weight excluding hydrogens is 248 g/mol. The van der Waals surface area contributed by atoms with Crippen LogP contribution in [0.3, 0.4) is 0 Å². The molecule has 1 aromatic rings. The van der Waals surface area contributed by atoms with Crippen LogP contribution in [0.15, 0.2) is 35.4 Å². The highest BCUT2D eigenvalue weighted by molar-refractivity contribution is 6.18. The number of halogens is 1. The summed E-state index contributed by atoms with van der Waals surface area (Å²) >= 11 is 5.51. The van der Waals surface area contributed by atoms with Crippen LogP contribution in [0.25, 0.3) is 0 Å². The number of nitrogens with zero attached hydrogens (tertiary/aromatic N) is 1. The molecule has 0 aromatic heterocycles. The van der Waals surface area contributed by atoms with Crippen molar-refractivity contribution in [1.29, 1.82) is 0 Å². The second-order valence-electron chi connectivity index (χ2n) is 5.05. The summed E-state index contributed by atoms with van der Waals surface area (Å²) in [7, 11) is 0. The van der Waals surface area contributed by atoms with Crippen molar-refractivity contribution in [2.75, 3.05) is 5.88 Å². The van der Waals surface area contributed by atoms with E-state index in [1.54, 1.807) is 0 Å². The Morgan fingerprint density at radius 3 is 2.39 bits per heavy atom.